The molecule has 0 aromatic heterocycles. The van der Waals surface area contributed by atoms with Gasteiger partial charge in [-0.05, 0) is 36.0 Å². The Morgan fingerprint density at radius 1 is 0.957 bits per heavy atom. The number of rotatable bonds is 8. The molecule has 0 saturated carbocycles. The lowest BCUT2D eigenvalue weighted by Gasteiger charge is -2.27. The van der Waals surface area contributed by atoms with Gasteiger partial charge in [0.15, 0.2) is 0 Å². The Balaban J connectivity index is 4.61. The van der Waals surface area contributed by atoms with Gasteiger partial charge in [-0.1, -0.05) is 55.4 Å². The molecule has 1 atom stereocenters. The van der Waals surface area contributed by atoms with E-state index in [0.29, 0.717) is 25.3 Å². The van der Waals surface area contributed by atoms with E-state index < -0.39 is 6.04 Å². The summed E-state index contributed by atoms with van der Waals surface area (Å²) in [6.07, 6.45) is 2.87. The van der Waals surface area contributed by atoms with Gasteiger partial charge in [-0.2, -0.15) is 0 Å². The van der Waals surface area contributed by atoms with Crippen LogP contribution >= 0.6 is 0 Å². The first-order valence-electron chi connectivity index (χ1n) is 8.87. The summed E-state index contributed by atoms with van der Waals surface area (Å²) in [7, 11) is 0. The predicted molar refractivity (Wildman–Crippen MR) is 97.2 cm³/mol. The third-order valence-corrected chi connectivity index (χ3v) is 3.59. The van der Waals surface area contributed by atoms with Gasteiger partial charge in [0.1, 0.15) is 6.04 Å². The molecule has 0 heterocycles. The highest BCUT2D eigenvalue weighted by molar-refractivity contribution is 5.87. The SMILES string of the molecule is CC(C)CCNC(=O)C(CC(C)(C)C)NC(=O)CCC(C)(C)C. The van der Waals surface area contributed by atoms with Gasteiger partial charge in [0, 0.05) is 13.0 Å². The summed E-state index contributed by atoms with van der Waals surface area (Å²) in [4.78, 5) is 24.6. The molecule has 1 unspecified atom stereocenters. The van der Waals surface area contributed by atoms with Crippen molar-refractivity contribution in [3.05, 3.63) is 0 Å². The number of carbonyl (C=O) groups is 2. The summed E-state index contributed by atoms with van der Waals surface area (Å²) >= 11 is 0. The van der Waals surface area contributed by atoms with E-state index in [0.717, 1.165) is 12.8 Å². The van der Waals surface area contributed by atoms with Crippen molar-refractivity contribution < 1.29 is 9.59 Å². The van der Waals surface area contributed by atoms with Crippen molar-refractivity contribution in [2.45, 2.75) is 87.1 Å². The first-order valence-corrected chi connectivity index (χ1v) is 8.87. The van der Waals surface area contributed by atoms with E-state index >= 15 is 0 Å². The third-order valence-electron chi connectivity index (χ3n) is 3.59. The van der Waals surface area contributed by atoms with Crippen LogP contribution in [0, 0.1) is 16.7 Å². The number of hydrogen-bond donors (Lipinski definition) is 2. The Kier molecular flexibility index (Phi) is 8.86. The van der Waals surface area contributed by atoms with Crippen LogP contribution in [-0.2, 0) is 9.59 Å². The topological polar surface area (TPSA) is 58.2 Å². The zero-order valence-electron chi connectivity index (χ0n) is 16.5. The minimum atomic E-state index is -0.449. The molecule has 0 aliphatic rings. The summed E-state index contributed by atoms with van der Waals surface area (Å²) in [6, 6.07) is -0.449. The molecule has 23 heavy (non-hydrogen) atoms. The number of hydrogen-bond acceptors (Lipinski definition) is 2. The third kappa shape index (κ3) is 13.1. The van der Waals surface area contributed by atoms with E-state index in [1.165, 1.54) is 0 Å². The highest BCUT2D eigenvalue weighted by Crippen LogP contribution is 2.22. The molecule has 2 amide bonds. The summed E-state index contributed by atoms with van der Waals surface area (Å²) in [6.45, 7) is 17.5. The molecule has 0 spiro atoms. The van der Waals surface area contributed by atoms with Crippen LogP contribution in [0.4, 0.5) is 0 Å². The first kappa shape index (κ1) is 21.9. The van der Waals surface area contributed by atoms with Gasteiger partial charge in [0.05, 0.1) is 0 Å². The highest BCUT2D eigenvalue weighted by Gasteiger charge is 2.26. The monoisotopic (exact) mass is 326 g/mol. The van der Waals surface area contributed by atoms with Crippen molar-refractivity contribution in [1.82, 2.24) is 10.6 Å². The molecule has 136 valence electrons. The molecule has 0 bridgehead atoms. The van der Waals surface area contributed by atoms with Crippen molar-refractivity contribution in [1.29, 1.82) is 0 Å². The minimum absolute atomic E-state index is 0.0165. The first-order chi connectivity index (χ1) is 10.3. The van der Waals surface area contributed by atoms with Crippen molar-refractivity contribution in [2.24, 2.45) is 16.7 Å². The van der Waals surface area contributed by atoms with E-state index in [-0.39, 0.29) is 22.6 Å². The maximum atomic E-state index is 12.4. The van der Waals surface area contributed by atoms with Crippen LogP contribution in [0.1, 0.15) is 81.1 Å². The van der Waals surface area contributed by atoms with Crippen molar-refractivity contribution in [3.63, 3.8) is 0 Å². The zero-order chi connectivity index (χ0) is 18.3. The Morgan fingerprint density at radius 3 is 1.96 bits per heavy atom. The van der Waals surface area contributed by atoms with Crippen LogP contribution in [0.15, 0.2) is 0 Å². The van der Waals surface area contributed by atoms with Gasteiger partial charge < -0.3 is 10.6 Å². The molecule has 0 aromatic rings. The Labute approximate surface area is 143 Å². The summed E-state index contributed by atoms with van der Waals surface area (Å²) in [5.41, 5.74) is 0.105. The van der Waals surface area contributed by atoms with Crippen molar-refractivity contribution in [2.75, 3.05) is 6.54 Å². The molecule has 0 saturated heterocycles. The molecule has 4 heteroatoms. The van der Waals surface area contributed by atoms with Crippen LogP contribution < -0.4 is 10.6 Å². The summed E-state index contributed by atoms with van der Waals surface area (Å²) < 4.78 is 0. The fourth-order valence-electron chi connectivity index (χ4n) is 2.18. The van der Waals surface area contributed by atoms with Gasteiger partial charge in [-0.15, -0.1) is 0 Å². The van der Waals surface area contributed by atoms with E-state index in [1.54, 1.807) is 0 Å². The average Bonchev–Trinajstić information content (AvgIpc) is 2.32. The Bertz CT molecular complexity index is 376. The fourth-order valence-corrected chi connectivity index (χ4v) is 2.18. The highest BCUT2D eigenvalue weighted by atomic mass is 16.2. The largest absolute Gasteiger partial charge is 0.354 e. The normalized spacial score (nSPS) is 13.8. The maximum Gasteiger partial charge on any atom is 0.242 e. The number of carbonyl (C=O) groups excluding carboxylic acids is 2. The zero-order valence-corrected chi connectivity index (χ0v) is 16.5. The Morgan fingerprint density at radius 2 is 1.52 bits per heavy atom. The van der Waals surface area contributed by atoms with Gasteiger partial charge in [-0.25, -0.2) is 0 Å². The lowest BCUT2D eigenvalue weighted by molar-refractivity contribution is -0.130. The lowest BCUT2D eigenvalue weighted by atomic mass is 9.87. The smallest absolute Gasteiger partial charge is 0.242 e. The predicted octanol–water partition coefficient (Wildman–Crippen LogP) is 3.90. The molecule has 0 aliphatic carbocycles. The van der Waals surface area contributed by atoms with Crippen molar-refractivity contribution >= 4 is 11.8 Å². The molecule has 4 nitrogen and oxygen atoms in total. The molecule has 0 aliphatic heterocycles. The molecule has 0 radical (unpaired) electrons. The van der Waals surface area contributed by atoms with E-state index in [9.17, 15) is 9.59 Å². The molecule has 0 fully saturated rings. The standard InChI is InChI=1S/C19H38N2O2/c1-14(2)10-12-20-17(23)15(13-19(6,7)8)21-16(22)9-11-18(3,4)5/h14-15H,9-13H2,1-8H3,(H,20,23)(H,21,22). The summed E-state index contributed by atoms with van der Waals surface area (Å²) in [5, 5.41) is 5.89. The molecule has 2 N–H and O–H groups in total. The van der Waals surface area contributed by atoms with Gasteiger partial charge >= 0.3 is 0 Å². The van der Waals surface area contributed by atoms with Crippen molar-refractivity contribution in [3.8, 4) is 0 Å². The van der Waals surface area contributed by atoms with Crippen LogP contribution in [0.5, 0.6) is 0 Å². The second-order valence-corrected chi connectivity index (χ2v) is 9.42. The molecule has 0 aromatic carbocycles. The second kappa shape index (κ2) is 9.29. The quantitative estimate of drug-likeness (QED) is 0.711. The second-order valence-electron chi connectivity index (χ2n) is 9.42. The van der Waals surface area contributed by atoms with Gasteiger partial charge in [0.2, 0.25) is 11.8 Å². The minimum Gasteiger partial charge on any atom is -0.354 e. The number of nitrogens with one attached hydrogen (secondary N) is 2. The van der Waals surface area contributed by atoms with Gasteiger partial charge in [0.25, 0.3) is 0 Å². The number of amides is 2. The van der Waals surface area contributed by atoms with Crippen LogP contribution in [-0.4, -0.2) is 24.4 Å². The summed E-state index contributed by atoms with van der Waals surface area (Å²) in [5.74, 6) is 0.454. The molecular formula is C19H38N2O2. The average molecular weight is 327 g/mol. The van der Waals surface area contributed by atoms with E-state index in [2.05, 4.69) is 66.0 Å². The lowest BCUT2D eigenvalue weighted by Crippen LogP contribution is -2.48. The van der Waals surface area contributed by atoms with Crippen LogP contribution in [0.2, 0.25) is 0 Å². The van der Waals surface area contributed by atoms with Gasteiger partial charge in [-0.3, -0.25) is 9.59 Å². The van der Waals surface area contributed by atoms with E-state index in [4.69, 9.17) is 0 Å². The van der Waals surface area contributed by atoms with E-state index in [1.807, 2.05) is 0 Å². The fraction of sp³-hybridized carbons (Fsp3) is 0.895. The van der Waals surface area contributed by atoms with Crippen LogP contribution in [0.25, 0.3) is 0 Å². The molecular weight excluding hydrogens is 288 g/mol. The Hall–Kier alpha value is -1.06. The van der Waals surface area contributed by atoms with Crippen LogP contribution in [0.3, 0.4) is 0 Å². The molecule has 0 rings (SSSR count). The maximum absolute atomic E-state index is 12.4.